The SMILES string of the molecule is CN(CC1CCCO1)C(=O)Cc1ccc(Cl)c(Cl)c1. The maximum atomic E-state index is 12.1. The first-order chi connectivity index (χ1) is 9.06. The molecule has 104 valence electrons. The molecule has 0 aromatic heterocycles. The lowest BCUT2D eigenvalue weighted by Crippen LogP contribution is -2.35. The van der Waals surface area contributed by atoms with Gasteiger partial charge in [-0.3, -0.25) is 4.79 Å². The summed E-state index contributed by atoms with van der Waals surface area (Å²) in [4.78, 5) is 13.8. The molecule has 1 aliphatic rings. The van der Waals surface area contributed by atoms with Crippen LogP contribution in [0.2, 0.25) is 10.0 Å². The molecule has 1 aromatic carbocycles. The number of ether oxygens (including phenoxy) is 1. The van der Waals surface area contributed by atoms with E-state index in [9.17, 15) is 4.79 Å². The minimum Gasteiger partial charge on any atom is -0.376 e. The van der Waals surface area contributed by atoms with Gasteiger partial charge in [0.2, 0.25) is 5.91 Å². The molecule has 2 rings (SSSR count). The third-order valence-corrected chi connectivity index (χ3v) is 4.01. The summed E-state index contributed by atoms with van der Waals surface area (Å²) in [5.41, 5.74) is 0.874. The molecule has 0 N–H and O–H groups in total. The summed E-state index contributed by atoms with van der Waals surface area (Å²) >= 11 is 11.8. The predicted molar refractivity (Wildman–Crippen MR) is 76.8 cm³/mol. The fraction of sp³-hybridized carbons (Fsp3) is 0.500. The van der Waals surface area contributed by atoms with Crippen LogP contribution in [0, 0.1) is 0 Å². The Morgan fingerprint density at radius 2 is 2.21 bits per heavy atom. The van der Waals surface area contributed by atoms with E-state index >= 15 is 0 Å². The number of nitrogens with zero attached hydrogens (tertiary/aromatic N) is 1. The minimum absolute atomic E-state index is 0.0638. The van der Waals surface area contributed by atoms with Gasteiger partial charge in [-0.2, -0.15) is 0 Å². The Labute approximate surface area is 123 Å². The van der Waals surface area contributed by atoms with E-state index in [1.165, 1.54) is 0 Å². The van der Waals surface area contributed by atoms with Crippen LogP contribution in [0.25, 0.3) is 0 Å². The minimum atomic E-state index is 0.0638. The molecule has 1 aliphatic heterocycles. The van der Waals surface area contributed by atoms with Crippen LogP contribution in [0.3, 0.4) is 0 Å². The first-order valence-electron chi connectivity index (χ1n) is 6.36. The van der Waals surface area contributed by atoms with Crippen LogP contribution in [0.1, 0.15) is 18.4 Å². The standard InChI is InChI=1S/C14H17Cl2NO2/c1-17(9-11-3-2-6-19-11)14(18)8-10-4-5-12(15)13(16)7-10/h4-5,7,11H,2-3,6,8-9H2,1H3. The largest absolute Gasteiger partial charge is 0.376 e. The number of amides is 1. The van der Waals surface area contributed by atoms with Gasteiger partial charge in [-0.25, -0.2) is 0 Å². The van der Waals surface area contributed by atoms with E-state index in [4.69, 9.17) is 27.9 Å². The molecule has 19 heavy (non-hydrogen) atoms. The third kappa shape index (κ3) is 4.10. The van der Waals surface area contributed by atoms with Crippen LogP contribution in [0.4, 0.5) is 0 Å². The quantitative estimate of drug-likeness (QED) is 0.855. The van der Waals surface area contributed by atoms with Crippen molar-refractivity contribution in [3.63, 3.8) is 0 Å². The molecule has 0 spiro atoms. The molecule has 0 bridgehead atoms. The van der Waals surface area contributed by atoms with Gasteiger partial charge in [0.25, 0.3) is 0 Å². The molecule has 0 aliphatic carbocycles. The highest BCUT2D eigenvalue weighted by atomic mass is 35.5. The van der Waals surface area contributed by atoms with Crippen LogP contribution in [0.15, 0.2) is 18.2 Å². The highest BCUT2D eigenvalue weighted by molar-refractivity contribution is 6.42. The van der Waals surface area contributed by atoms with Crippen molar-refractivity contribution in [3.8, 4) is 0 Å². The number of carbonyl (C=O) groups excluding carboxylic acids is 1. The summed E-state index contributed by atoms with van der Waals surface area (Å²) in [6.45, 7) is 1.46. The van der Waals surface area contributed by atoms with Crippen LogP contribution >= 0.6 is 23.2 Å². The number of rotatable bonds is 4. The zero-order valence-corrected chi connectivity index (χ0v) is 12.4. The lowest BCUT2D eigenvalue weighted by Gasteiger charge is -2.21. The fourth-order valence-corrected chi connectivity index (χ4v) is 2.48. The van der Waals surface area contributed by atoms with Crippen LogP contribution < -0.4 is 0 Å². The molecule has 0 radical (unpaired) electrons. The molecule has 1 atom stereocenters. The van der Waals surface area contributed by atoms with Gasteiger partial charge in [0.15, 0.2) is 0 Å². The monoisotopic (exact) mass is 301 g/mol. The summed E-state index contributed by atoms with van der Waals surface area (Å²) in [5, 5.41) is 0.985. The Morgan fingerprint density at radius 1 is 1.42 bits per heavy atom. The van der Waals surface area contributed by atoms with E-state index in [0.29, 0.717) is 23.0 Å². The lowest BCUT2D eigenvalue weighted by atomic mass is 10.1. The number of benzene rings is 1. The van der Waals surface area contributed by atoms with Gasteiger partial charge in [0, 0.05) is 20.2 Å². The Morgan fingerprint density at radius 3 is 2.84 bits per heavy atom. The highest BCUT2D eigenvalue weighted by Gasteiger charge is 2.20. The molecule has 0 saturated carbocycles. The van der Waals surface area contributed by atoms with Gasteiger partial charge in [0.05, 0.1) is 22.6 Å². The van der Waals surface area contributed by atoms with E-state index in [2.05, 4.69) is 0 Å². The van der Waals surface area contributed by atoms with Crippen molar-refractivity contribution in [1.82, 2.24) is 4.90 Å². The van der Waals surface area contributed by atoms with Gasteiger partial charge in [-0.1, -0.05) is 29.3 Å². The van der Waals surface area contributed by atoms with E-state index < -0.39 is 0 Å². The van der Waals surface area contributed by atoms with Gasteiger partial charge >= 0.3 is 0 Å². The van der Waals surface area contributed by atoms with Gasteiger partial charge in [-0.05, 0) is 30.5 Å². The molecule has 1 fully saturated rings. The van der Waals surface area contributed by atoms with E-state index in [1.54, 1.807) is 17.0 Å². The number of carbonyl (C=O) groups is 1. The average molecular weight is 302 g/mol. The summed E-state index contributed by atoms with van der Waals surface area (Å²) < 4.78 is 5.53. The number of hydrogen-bond donors (Lipinski definition) is 0. The highest BCUT2D eigenvalue weighted by Crippen LogP contribution is 2.23. The molecule has 1 aromatic rings. The van der Waals surface area contributed by atoms with E-state index in [1.807, 2.05) is 13.1 Å². The second-order valence-corrected chi connectivity index (χ2v) is 5.65. The van der Waals surface area contributed by atoms with Crippen molar-refractivity contribution in [1.29, 1.82) is 0 Å². The summed E-state index contributed by atoms with van der Waals surface area (Å²) in [7, 11) is 1.81. The average Bonchev–Trinajstić information content (AvgIpc) is 2.86. The Balaban J connectivity index is 1.90. The predicted octanol–water partition coefficient (Wildman–Crippen LogP) is 3.17. The summed E-state index contributed by atoms with van der Waals surface area (Å²) in [6.07, 6.45) is 2.63. The molecular formula is C14H17Cl2NO2. The molecule has 1 amide bonds. The molecule has 3 nitrogen and oxygen atoms in total. The fourth-order valence-electron chi connectivity index (χ4n) is 2.15. The molecule has 1 heterocycles. The van der Waals surface area contributed by atoms with Crippen molar-refractivity contribution in [3.05, 3.63) is 33.8 Å². The second kappa shape index (κ2) is 6.60. The molecule has 1 saturated heterocycles. The van der Waals surface area contributed by atoms with Crippen LogP contribution in [-0.2, 0) is 16.0 Å². The van der Waals surface area contributed by atoms with Crippen LogP contribution in [-0.4, -0.2) is 37.1 Å². The lowest BCUT2D eigenvalue weighted by molar-refractivity contribution is -0.130. The first kappa shape index (κ1) is 14.6. The maximum absolute atomic E-state index is 12.1. The van der Waals surface area contributed by atoms with Gasteiger partial charge < -0.3 is 9.64 Å². The third-order valence-electron chi connectivity index (χ3n) is 3.27. The van der Waals surface area contributed by atoms with E-state index in [0.717, 1.165) is 25.0 Å². The van der Waals surface area contributed by atoms with Crippen molar-refractivity contribution >= 4 is 29.1 Å². The van der Waals surface area contributed by atoms with Crippen molar-refractivity contribution < 1.29 is 9.53 Å². The Bertz CT molecular complexity index is 459. The number of halogens is 2. The zero-order chi connectivity index (χ0) is 13.8. The summed E-state index contributed by atoms with van der Waals surface area (Å²) in [5.74, 6) is 0.0638. The summed E-state index contributed by atoms with van der Waals surface area (Å²) in [6, 6.07) is 5.28. The topological polar surface area (TPSA) is 29.5 Å². The van der Waals surface area contributed by atoms with E-state index in [-0.39, 0.29) is 12.0 Å². The molecule has 5 heteroatoms. The number of likely N-dealkylation sites (N-methyl/N-ethyl adjacent to an activating group) is 1. The molecular weight excluding hydrogens is 285 g/mol. The molecule has 1 unspecified atom stereocenters. The Kier molecular flexibility index (Phi) is 5.08. The van der Waals surface area contributed by atoms with Crippen LogP contribution in [0.5, 0.6) is 0 Å². The van der Waals surface area contributed by atoms with Crippen molar-refractivity contribution in [2.75, 3.05) is 20.2 Å². The number of hydrogen-bond acceptors (Lipinski definition) is 2. The second-order valence-electron chi connectivity index (χ2n) is 4.83. The maximum Gasteiger partial charge on any atom is 0.226 e. The van der Waals surface area contributed by atoms with Gasteiger partial charge in [-0.15, -0.1) is 0 Å². The normalized spacial score (nSPS) is 18.6. The zero-order valence-electron chi connectivity index (χ0n) is 10.9. The Hall–Kier alpha value is -0.770. The smallest absolute Gasteiger partial charge is 0.226 e. The van der Waals surface area contributed by atoms with Crippen molar-refractivity contribution in [2.45, 2.75) is 25.4 Å². The van der Waals surface area contributed by atoms with Crippen molar-refractivity contribution in [2.24, 2.45) is 0 Å². The first-order valence-corrected chi connectivity index (χ1v) is 7.11. The van der Waals surface area contributed by atoms with Gasteiger partial charge in [0.1, 0.15) is 0 Å².